The second kappa shape index (κ2) is 7.79. The number of benzene rings is 2. The second-order valence-electron chi connectivity index (χ2n) is 4.68. The highest BCUT2D eigenvalue weighted by Gasteiger charge is 2.19. The maximum atomic E-state index is 12.6. The molecule has 2 rings (SSSR count). The number of rotatable bonds is 6. The van der Waals surface area contributed by atoms with Crippen LogP contribution in [-0.2, 0) is 0 Å². The number of nitrogens with one attached hydrogen (secondary N) is 1. The van der Waals surface area contributed by atoms with E-state index in [1.54, 1.807) is 30.3 Å². The van der Waals surface area contributed by atoms with E-state index in [9.17, 15) is 4.79 Å². The number of carbonyl (C=O) groups excluding carboxylic acids is 1. The van der Waals surface area contributed by atoms with Crippen molar-refractivity contribution in [1.29, 1.82) is 0 Å². The molecule has 0 spiro atoms. The Balaban J connectivity index is 2.39. The maximum Gasteiger partial charge on any atom is 0.259 e. The minimum absolute atomic E-state index is 0.325. The zero-order valence-corrected chi connectivity index (χ0v) is 14.6. The van der Waals surface area contributed by atoms with E-state index in [2.05, 4.69) is 5.32 Å². The Morgan fingerprint density at radius 3 is 2.17 bits per heavy atom. The average molecular weight is 352 g/mol. The van der Waals surface area contributed by atoms with Crippen molar-refractivity contribution in [2.75, 3.05) is 33.8 Å². The lowest BCUT2D eigenvalue weighted by molar-refractivity contribution is 0.102. The molecular formula is C17H18ClNO5. The molecule has 0 heterocycles. The van der Waals surface area contributed by atoms with Gasteiger partial charge in [0.15, 0.2) is 11.5 Å². The van der Waals surface area contributed by atoms with Crippen LogP contribution in [0.3, 0.4) is 0 Å². The van der Waals surface area contributed by atoms with E-state index < -0.39 is 0 Å². The molecule has 0 atom stereocenters. The van der Waals surface area contributed by atoms with Gasteiger partial charge in [-0.05, 0) is 18.2 Å². The van der Waals surface area contributed by atoms with Gasteiger partial charge in [-0.3, -0.25) is 4.79 Å². The van der Waals surface area contributed by atoms with Gasteiger partial charge in [0, 0.05) is 6.07 Å². The van der Waals surface area contributed by atoms with E-state index >= 15 is 0 Å². The lowest BCUT2D eigenvalue weighted by atomic mass is 10.1. The van der Waals surface area contributed by atoms with Crippen molar-refractivity contribution in [3.63, 3.8) is 0 Å². The summed E-state index contributed by atoms with van der Waals surface area (Å²) in [5, 5.41) is 3.11. The summed E-state index contributed by atoms with van der Waals surface area (Å²) in [5.74, 6) is 1.29. The smallest absolute Gasteiger partial charge is 0.259 e. The molecule has 0 aliphatic heterocycles. The number of para-hydroxylation sites is 1. The van der Waals surface area contributed by atoms with E-state index in [0.29, 0.717) is 39.3 Å². The Kier molecular flexibility index (Phi) is 5.76. The third-order valence-corrected chi connectivity index (χ3v) is 3.67. The molecule has 0 aromatic heterocycles. The molecule has 0 aliphatic rings. The van der Waals surface area contributed by atoms with Crippen LogP contribution in [0.25, 0.3) is 0 Å². The van der Waals surface area contributed by atoms with E-state index in [4.69, 9.17) is 30.5 Å². The first-order valence-corrected chi connectivity index (χ1v) is 7.37. The largest absolute Gasteiger partial charge is 0.495 e. The SMILES string of the molecule is COc1cc(OC)c(NC(=O)c2cccc(OC)c2OC)cc1Cl. The molecule has 0 radical (unpaired) electrons. The number of ether oxygens (including phenoxy) is 4. The first-order valence-electron chi connectivity index (χ1n) is 6.99. The van der Waals surface area contributed by atoms with Gasteiger partial charge in [-0.2, -0.15) is 0 Å². The summed E-state index contributed by atoms with van der Waals surface area (Å²) in [6, 6.07) is 8.20. The Morgan fingerprint density at radius 2 is 1.58 bits per heavy atom. The highest BCUT2D eigenvalue weighted by molar-refractivity contribution is 6.32. The number of halogens is 1. The molecule has 2 aromatic rings. The first kappa shape index (κ1) is 17.7. The average Bonchev–Trinajstić information content (AvgIpc) is 2.61. The predicted octanol–water partition coefficient (Wildman–Crippen LogP) is 3.63. The summed E-state index contributed by atoms with van der Waals surface area (Å²) in [4.78, 5) is 12.6. The lowest BCUT2D eigenvalue weighted by Gasteiger charge is -2.15. The van der Waals surface area contributed by atoms with Gasteiger partial charge in [-0.15, -0.1) is 0 Å². The third kappa shape index (κ3) is 3.49. The van der Waals surface area contributed by atoms with E-state index in [1.165, 1.54) is 28.4 Å². The number of hydrogen-bond donors (Lipinski definition) is 1. The third-order valence-electron chi connectivity index (χ3n) is 3.37. The molecule has 0 fully saturated rings. The fourth-order valence-electron chi connectivity index (χ4n) is 2.21. The summed E-state index contributed by atoms with van der Waals surface area (Å²) in [5.41, 5.74) is 0.740. The summed E-state index contributed by atoms with van der Waals surface area (Å²) in [6.45, 7) is 0. The number of carbonyl (C=O) groups is 1. The molecule has 0 saturated heterocycles. The molecule has 7 heteroatoms. The summed E-state index contributed by atoms with van der Waals surface area (Å²) < 4.78 is 20.9. The van der Waals surface area contributed by atoms with Gasteiger partial charge < -0.3 is 24.3 Å². The number of hydrogen-bond acceptors (Lipinski definition) is 5. The second-order valence-corrected chi connectivity index (χ2v) is 5.09. The molecule has 0 aliphatic carbocycles. The standard InChI is InChI=1S/C17H18ClNO5/c1-21-13-7-5-6-10(16(13)24-4)17(20)19-12-8-11(18)14(22-2)9-15(12)23-3/h5-9H,1-4H3,(H,19,20). The fraction of sp³-hybridized carbons (Fsp3) is 0.235. The molecule has 0 saturated carbocycles. The first-order chi connectivity index (χ1) is 11.5. The minimum atomic E-state index is -0.384. The van der Waals surface area contributed by atoms with Gasteiger partial charge in [-0.25, -0.2) is 0 Å². The van der Waals surface area contributed by atoms with Crippen molar-refractivity contribution >= 4 is 23.2 Å². The van der Waals surface area contributed by atoms with Crippen molar-refractivity contribution < 1.29 is 23.7 Å². The Bertz CT molecular complexity index is 748. The number of anilines is 1. The van der Waals surface area contributed by atoms with Crippen LogP contribution in [0.15, 0.2) is 30.3 Å². The van der Waals surface area contributed by atoms with Gasteiger partial charge in [0.05, 0.1) is 44.7 Å². The molecule has 24 heavy (non-hydrogen) atoms. The van der Waals surface area contributed by atoms with Crippen LogP contribution in [0, 0.1) is 0 Å². The van der Waals surface area contributed by atoms with Gasteiger partial charge in [0.2, 0.25) is 0 Å². The maximum absolute atomic E-state index is 12.6. The Morgan fingerprint density at radius 1 is 0.917 bits per heavy atom. The van der Waals surface area contributed by atoms with Crippen LogP contribution in [0.2, 0.25) is 5.02 Å². The summed E-state index contributed by atoms with van der Waals surface area (Å²) in [6.07, 6.45) is 0. The Hall–Kier alpha value is -2.60. The van der Waals surface area contributed by atoms with Crippen molar-refractivity contribution in [2.45, 2.75) is 0 Å². The lowest BCUT2D eigenvalue weighted by Crippen LogP contribution is -2.14. The number of methoxy groups -OCH3 is 4. The van der Waals surface area contributed by atoms with E-state index in [-0.39, 0.29) is 5.91 Å². The van der Waals surface area contributed by atoms with Crippen molar-refractivity contribution in [1.82, 2.24) is 0 Å². The van der Waals surface area contributed by atoms with Gasteiger partial charge in [0.1, 0.15) is 11.5 Å². The quantitative estimate of drug-likeness (QED) is 0.860. The van der Waals surface area contributed by atoms with Gasteiger partial charge in [-0.1, -0.05) is 17.7 Å². The zero-order valence-electron chi connectivity index (χ0n) is 13.8. The van der Waals surface area contributed by atoms with Crippen molar-refractivity contribution in [3.05, 3.63) is 40.9 Å². The van der Waals surface area contributed by atoms with Gasteiger partial charge >= 0.3 is 0 Å². The zero-order chi connectivity index (χ0) is 17.7. The van der Waals surface area contributed by atoms with Crippen LogP contribution in [0.5, 0.6) is 23.0 Å². The topological polar surface area (TPSA) is 66.0 Å². The van der Waals surface area contributed by atoms with Crippen LogP contribution < -0.4 is 24.3 Å². The molecule has 0 bridgehead atoms. The molecule has 128 valence electrons. The normalized spacial score (nSPS) is 10.0. The monoisotopic (exact) mass is 351 g/mol. The van der Waals surface area contributed by atoms with Gasteiger partial charge in [0.25, 0.3) is 5.91 Å². The number of amides is 1. The van der Waals surface area contributed by atoms with Crippen LogP contribution in [0.1, 0.15) is 10.4 Å². The molecule has 2 aromatic carbocycles. The van der Waals surface area contributed by atoms with E-state index in [0.717, 1.165) is 0 Å². The highest BCUT2D eigenvalue weighted by atomic mass is 35.5. The molecule has 1 amide bonds. The van der Waals surface area contributed by atoms with Crippen LogP contribution in [0.4, 0.5) is 5.69 Å². The van der Waals surface area contributed by atoms with Crippen molar-refractivity contribution in [3.8, 4) is 23.0 Å². The van der Waals surface area contributed by atoms with Crippen molar-refractivity contribution in [2.24, 2.45) is 0 Å². The fourth-order valence-corrected chi connectivity index (χ4v) is 2.45. The summed E-state index contributed by atoms with van der Waals surface area (Å²) in [7, 11) is 5.97. The predicted molar refractivity (Wildman–Crippen MR) is 92.1 cm³/mol. The minimum Gasteiger partial charge on any atom is -0.495 e. The molecule has 1 N–H and O–H groups in total. The molecule has 6 nitrogen and oxygen atoms in total. The van der Waals surface area contributed by atoms with Crippen LogP contribution in [-0.4, -0.2) is 34.3 Å². The molecule has 0 unspecified atom stereocenters. The summed E-state index contributed by atoms with van der Waals surface area (Å²) >= 11 is 6.12. The van der Waals surface area contributed by atoms with Crippen LogP contribution >= 0.6 is 11.6 Å². The Labute approximate surface area is 145 Å². The molecular weight excluding hydrogens is 334 g/mol. The highest BCUT2D eigenvalue weighted by Crippen LogP contribution is 2.37. The van der Waals surface area contributed by atoms with E-state index in [1.807, 2.05) is 0 Å².